The fourth-order valence-corrected chi connectivity index (χ4v) is 2.54. The predicted octanol–water partition coefficient (Wildman–Crippen LogP) is -0.262. The number of hydrogen-bond donors (Lipinski definition) is 1. The van der Waals surface area contributed by atoms with Gasteiger partial charge in [0.25, 0.3) is 0 Å². The van der Waals surface area contributed by atoms with E-state index < -0.39 is 0 Å². The summed E-state index contributed by atoms with van der Waals surface area (Å²) in [7, 11) is 0. The third-order valence-corrected chi connectivity index (χ3v) is 3.60. The number of hydrogen-bond acceptors (Lipinski definition) is 3. The third kappa shape index (κ3) is 3.94. The summed E-state index contributed by atoms with van der Waals surface area (Å²) < 4.78 is 0. The molecule has 2 heterocycles. The Morgan fingerprint density at radius 3 is 2.26 bits per heavy atom. The molecule has 0 unspecified atom stereocenters. The van der Waals surface area contributed by atoms with Crippen LogP contribution in [0.3, 0.4) is 0 Å². The number of carbonyl (C=O) groups is 3. The summed E-state index contributed by atoms with van der Waals surface area (Å²) in [5.74, 6) is 0.176. The van der Waals surface area contributed by atoms with E-state index in [0.29, 0.717) is 32.5 Å². The van der Waals surface area contributed by atoms with Gasteiger partial charge in [0.1, 0.15) is 0 Å². The summed E-state index contributed by atoms with van der Waals surface area (Å²) in [5.41, 5.74) is 0. The molecule has 2 aliphatic heterocycles. The molecule has 0 aromatic heterocycles. The zero-order chi connectivity index (χ0) is 13.7. The average Bonchev–Trinajstić information content (AvgIpc) is 2.95. The fourth-order valence-electron chi connectivity index (χ4n) is 2.54. The molecule has 2 aliphatic rings. The lowest BCUT2D eigenvalue weighted by Gasteiger charge is -2.17. The summed E-state index contributed by atoms with van der Waals surface area (Å²) in [4.78, 5) is 37.8. The van der Waals surface area contributed by atoms with Crippen LogP contribution in [0, 0.1) is 0 Å². The van der Waals surface area contributed by atoms with Crippen molar-refractivity contribution in [1.82, 2.24) is 15.1 Å². The maximum absolute atomic E-state index is 11.6. The monoisotopic (exact) mass is 267 g/mol. The summed E-state index contributed by atoms with van der Waals surface area (Å²) in [5, 5.41) is 2.80. The van der Waals surface area contributed by atoms with Gasteiger partial charge in [0.05, 0.1) is 6.54 Å². The maximum atomic E-state index is 11.6. The van der Waals surface area contributed by atoms with Gasteiger partial charge in [-0.25, -0.2) is 0 Å². The molecule has 0 bridgehead atoms. The Morgan fingerprint density at radius 2 is 1.68 bits per heavy atom. The topological polar surface area (TPSA) is 69.7 Å². The quantitative estimate of drug-likeness (QED) is 0.674. The Labute approximate surface area is 113 Å². The fraction of sp³-hybridized carbons (Fsp3) is 0.769. The molecule has 106 valence electrons. The third-order valence-electron chi connectivity index (χ3n) is 3.60. The molecule has 19 heavy (non-hydrogen) atoms. The van der Waals surface area contributed by atoms with Crippen molar-refractivity contribution < 1.29 is 14.4 Å². The van der Waals surface area contributed by atoms with Crippen molar-refractivity contribution in [3.63, 3.8) is 0 Å². The molecule has 2 fully saturated rings. The largest absolute Gasteiger partial charge is 0.354 e. The normalized spacial score (nSPS) is 19.4. The SMILES string of the molecule is O=C(CN1CCCC1=O)NCCCN1CCCC1=O. The van der Waals surface area contributed by atoms with Crippen molar-refractivity contribution >= 4 is 17.7 Å². The van der Waals surface area contributed by atoms with E-state index in [-0.39, 0.29) is 24.3 Å². The van der Waals surface area contributed by atoms with Crippen LogP contribution in [0.2, 0.25) is 0 Å². The van der Waals surface area contributed by atoms with Crippen molar-refractivity contribution in [2.24, 2.45) is 0 Å². The van der Waals surface area contributed by atoms with Gasteiger partial charge in [-0.05, 0) is 19.3 Å². The zero-order valence-electron chi connectivity index (χ0n) is 11.2. The Bertz CT molecular complexity index is 370. The average molecular weight is 267 g/mol. The lowest BCUT2D eigenvalue weighted by Crippen LogP contribution is -2.38. The van der Waals surface area contributed by atoms with Gasteiger partial charge >= 0.3 is 0 Å². The van der Waals surface area contributed by atoms with E-state index in [4.69, 9.17) is 0 Å². The first-order valence-electron chi connectivity index (χ1n) is 6.99. The van der Waals surface area contributed by atoms with E-state index >= 15 is 0 Å². The van der Waals surface area contributed by atoms with Crippen molar-refractivity contribution in [3.8, 4) is 0 Å². The number of rotatable bonds is 6. The van der Waals surface area contributed by atoms with Crippen molar-refractivity contribution in [2.45, 2.75) is 32.1 Å². The maximum Gasteiger partial charge on any atom is 0.239 e. The highest BCUT2D eigenvalue weighted by molar-refractivity contribution is 5.85. The summed E-state index contributed by atoms with van der Waals surface area (Å²) in [6, 6.07) is 0. The van der Waals surface area contributed by atoms with E-state index in [1.165, 1.54) is 0 Å². The highest BCUT2D eigenvalue weighted by Gasteiger charge is 2.22. The predicted molar refractivity (Wildman–Crippen MR) is 69.3 cm³/mol. The minimum absolute atomic E-state index is 0.0674. The van der Waals surface area contributed by atoms with Crippen LogP contribution in [0.1, 0.15) is 32.1 Å². The van der Waals surface area contributed by atoms with Gasteiger partial charge in [0, 0.05) is 39.0 Å². The molecule has 1 N–H and O–H groups in total. The van der Waals surface area contributed by atoms with Crippen LogP contribution in [0.15, 0.2) is 0 Å². The molecular formula is C13H21N3O3. The standard InChI is InChI=1S/C13H21N3O3/c17-11(10-16-8-2-5-13(16)19)14-6-3-9-15-7-1-4-12(15)18/h1-10H2,(H,14,17). The molecule has 0 aromatic rings. The Balaban J connectivity index is 1.56. The first-order chi connectivity index (χ1) is 9.16. The summed E-state index contributed by atoms with van der Waals surface area (Å²) >= 11 is 0. The van der Waals surface area contributed by atoms with E-state index in [2.05, 4.69) is 5.32 Å². The highest BCUT2D eigenvalue weighted by Crippen LogP contribution is 2.09. The first-order valence-corrected chi connectivity index (χ1v) is 6.99. The highest BCUT2D eigenvalue weighted by atomic mass is 16.2. The molecule has 2 rings (SSSR count). The molecule has 0 spiro atoms. The Morgan fingerprint density at radius 1 is 1.05 bits per heavy atom. The van der Waals surface area contributed by atoms with Crippen molar-refractivity contribution in [1.29, 1.82) is 0 Å². The van der Waals surface area contributed by atoms with Crippen LogP contribution in [-0.2, 0) is 14.4 Å². The Kier molecular flexibility index (Phi) is 4.76. The molecule has 0 atom stereocenters. The summed E-state index contributed by atoms with van der Waals surface area (Å²) in [6.07, 6.45) is 3.78. The van der Waals surface area contributed by atoms with E-state index in [1.54, 1.807) is 4.90 Å². The van der Waals surface area contributed by atoms with Gasteiger partial charge in [0.2, 0.25) is 17.7 Å². The first kappa shape index (κ1) is 13.8. The molecule has 6 heteroatoms. The minimum atomic E-state index is -0.108. The van der Waals surface area contributed by atoms with Gasteiger partial charge in [-0.1, -0.05) is 0 Å². The molecule has 0 aliphatic carbocycles. The summed E-state index contributed by atoms with van der Waals surface area (Å²) in [6.45, 7) is 2.97. The van der Waals surface area contributed by atoms with Gasteiger partial charge in [-0.3, -0.25) is 14.4 Å². The van der Waals surface area contributed by atoms with Crippen LogP contribution in [-0.4, -0.2) is 60.2 Å². The van der Waals surface area contributed by atoms with E-state index in [1.807, 2.05) is 4.90 Å². The molecule has 0 radical (unpaired) electrons. The molecule has 2 saturated heterocycles. The Hall–Kier alpha value is -1.59. The second kappa shape index (κ2) is 6.54. The lowest BCUT2D eigenvalue weighted by molar-refractivity contribution is -0.133. The molecule has 3 amide bonds. The van der Waals surface area contributed by atoms with Gasteiger partial charge < -0.3 is 15.1 Å². The second-order valence-corrected chi connectivity index (χ2v) is 5.11. The molecular weight excluding hydrogens is 246 g/mol. The van der Waals surface area contributed by atoms with Gasteiger partial charge in [-0.2, -0.15) is 0 Å². The number of carbonyl (C=O) groups excluding carboxylic acids is 3. The lowest BCUT2D eigenvalue weighted by atomic mass is 10.3. The van der Waals surface area contributed by atoms with Crippen LogP contribution < -0.4 is 5.32 Å². The van der Waals surface area contributed by atoms with Crippen molar-refractivity contribution in [2.75, 3.05) is 32.7 Å². The second-order valence-electron chi connectivity index (χ2n) is 5.11. The molecule has 0 saturated carbocycles. The molecule has 6 nitrogen and oxygen atoms in total. The number of nitrogens with one attached hydrogen (secondary N) is 1. The molecule has 0 aromatic carbocycles. The van der Waals surface area contributed by atoms with E-state index in [0.717, 1.165) is 25.8 Å². The van der Waals surface area contributed by atoms with Gasteiger partial charge in [0.15, 0.2) is 0 Å². The smallest absolute Gasteiger partial charge is 0.239 e. The van der Waals surface area contributed by atoms with Crippen LogP contribution in [0.25, 0.3) is 0 Å². The number of amides is 3. The van der Waals surface area contributed by atoms with Crippen molar-refractivity contribution in [3.05, 3.63) is 0 Å². The van der Waals surface area contributed by atoms with Gasteiger partial charge in [-0.15, -0.1) is 0 Å². The van der Waals surface area contributed by atoms with Crippen LogP contribution in [0.5, 0.6) is 0 Å². The van der Waals surface area contributed by atoms with Crippen LogP contribution in [0.4, 0.5) is 0 Å². The number of nitrogens with zero attached hydrogens (tertiary/aromatic N) is 2. The van der Waals surface area contributed by atoms with E-state index in [9.17, 15) is 14.4 Å². The minimum Gasteiger partial charge on any atom is -0.354 e. The van der Waals surface area contributed by atoms with Crippen LogP contribution >= 0.6 is 0 Å². The number of likely N-dealkylation sites (tertiary alicyclic amines) is 2. The zero-order valence-corrected chi connectivity index (χ0v) is 11.2.